The van der Waals surface area contributed by atoms with Crippen LogP contribution in [0.3, 0.4) is 0 Å². The van der Waals surface area contributed by atoms with Gasteiger partial charge >= 0.3 is 5.97 Å². The highest BCUT2D eigenvalue weighted by molar-refractivity contribution is 5.82. The predicted octanol–water partition coefficient (Wildman–Crippen LogP) is 0.512. The van der Waals surface area contributed by atoms with Gasteiger partial charge < -0.3 is 14.7 Å². The number of amides is 1. The van der Waals surface area contributed by atoms with Crippen LogP contribution in [0.15, 0.2) is 12.7 Å². The SMILES string of the molecule is C=CCN(CC(=O)O)C(=O)COCCC. The topological polar surface area (TPSA) is 66.8 Å². The Morgan fingerprint density at radius 2 is 2.20 bits per heavy atom. The van der Waals surface area contributed by atoms with Gasteiger partial charge in [0.2, 0.25) is 5.91 Å². The number of nitrogens with zero attached hydrogens (tertiary/aromatic N) is 1. The average molecular weight is 215 g/mol. The zero-order valence-corrected chi connectivity index (χ0v) is 8.94. The molecule has 15 heavy (non-hydrogen) atoms. The summed E-state index contributed by atoms with van der Waals surface area (Å²) in [5, 5.41) is 8.56. The summed E-state index contributed by atoms with van der Waals surface area (Å²) >= 11 is 0. The number of ether oxygens (including phenoxy) is 1. The molecule has 0 bridgehead atoms. The van der Waals surface area contributed by atoms with Gasteiger partial charge in [0.05, 0.1) is 0 Å². The second-order valence-electron chi connectivity index (χ2n) is 3.01. The number of carbonyl (C=O) groups excluding carboxylic acids is 1. The van der Waals surface area contributed by atoms with Crippen LogP contribution in [0.4, 0.5) is 0 Å². The van der Waals surface area contributed by atoms with E-state index in [0.717, 1.165) is 6.42 Å². The van der Waals surface area contributed by atoms with E-state index in [2.05, 4.69) is 6.58 Å². The van der Waals surface area contributed by atoms with Crippen molar-refractivity contribution < 1.29 is 19.4 Å². The van der Waals surface area contributed by atoms with E-state index in [9.17, 15) is 9.59 Å². The van der Waals surface area contributed by atoms with E-state index in [0.29, 0.717) is 6.61 Å². The first-order chi connectivity index (χ1) is 7.11. The maximum Gasteiger partial charge on any atom is 0.323 e. The average Bonchev–Trinajstić information content (AvgIpc) is 2.17. The maximum atomic E-state index is 11.4. The molecule has 0 fully saturated rings. The van der Waals surface area contributed by atoms with Gasteiger partial charge in [0.1, 0.15) is 13.2 Å². The Balaban J connectivity index is 4.03. The minimum absolute atomic E-state index is 0.0744. The molecule has 0 aliphatic heterocycles. The van der Waals surface area contributed by atoms with E-state index in [1.54, 1.807) is 0 Å². The highest BCUT2D eigenvalue weighted by atomic mass is 16.5. The van der Waals surface area contributed by atoms with E-state index < -0.39 is 5.97 Å². The molecule has 1 amide bonds. The lowest BCUT2D eigenvalue weighted by Crippen LogP contribution is -2.38. The van der Waals surface area contributed by atoms with E-state index in [1.807, 2.05) is 6.92 Å². The maximum absolute atomic E-state index is 11.4. The number of hydrogen-bond donors (Lipinski definition) is 1. The summed E-state index contributed by atoms with van der Waals surface area (Å²) in [5.74, 6) is -1.37. The van der Waals surface area contributed by atoms with Gasteiger partial charge in [0.15, 0.2) is 0 Å². The molecule has 0 aliphatic rings. The predicted molar refractivity (Wildman–Crippen MR) is 55.5 cm³/mol. The molecule has 0 aromatic heterocycles. The Bertz CT molecular complexity index is 227. The minimum atomic E-state index is -1.04. The molecule has 5 heteroatoms. The highest BCUT2D eigenvalue weighted by Crippen LogP contribution is 1.92. The normalized spacial score (nSPS) is 9.67. The van der Waals surface area contributed by atoms with Gasteiger partial charge in [0.25, 0.3) is 0 Å². The summed E-state index contributed by atoms with van der Waals surface area (Å²) in [6.45, 7) is 5.72. The molecule has 0 saturated heterocycles. The van der Waals surface area contributed by atoms with Crippen molar-refractivity contribution in [1.82, 2.24) is 4.90 Å². The third kappa shape index (κ3) is 6.68. The third-order valence-electron chi connectivity index (χ3n) is 1.60. The van der Waals surface area contributed by atoms with Crippen molar-refractivity contribution in [2.75, 3.05) is 26.3 Å². The lowest BCUT2D eigenvalue weighted by molar-refractivity contribution is -0.146. The van der Waals surface area contributed by atoms with Crippen LogP contribution in [0.25, 0.3) is 0 Å². The fourth-order valence-electron chi connectivity index (χ4n) is 0.969. The largest absolute Gasteiger partial charge is 0.480 e. The van der Waals surface area contributed by atoms with Gasteiger partial charge in [0, 0.05) is 13.2 Å². The molecule has 1 N–H and O–H groups in total. The monoisotopic (exact) mass is 215 g/mol. The number of carboxylic acids is 1. The Morgan fingerprint density at radius 1 is 1.53 bits per heavy atom. The Hall–Kier alpha value is -1.36. The van der Waals surface area contributed by atoms with Crippen LogP contribution < -0.4 is 0 Å². The van der Waals surface area contributed by atoms with Crippen LogP contribution in [0.1, 0.15) is 13.3 Å². The molecule has 0 atom stereocenters. The van der Waals surface area contributed by atoms with Gasteiger partial charge in [-0.15, -0.1) is 6.58 Å². The number of aliphatic carboxylic acids is 1. The zero-order chi connectivity index (χ0) is 11.7. The van der Waals surface area contributed by atoms with Crippen molar-refractivity contribution >= 4 is 11.9 Å². The quantitative estimate of drug-likeness (QED) is 0.473. The fourth-order valence-corrected chi connectivity index (χ4v) is 0.969. The van der Waals surface area contributed by atoms with Crippen LogP contribution in [-0.2, 0) is 14.3 Å². The molecule has 0 unspecified atom stereocenters. The summed E-state index contributed by atoms with van der Waals surface area (Å²) in [6, 6.07) is 0. The molecule has 0 aromatic carbocycles. The summed E-state index contributed by atoms with van der Waals surface area (Å²) in [4.78, 5) is 23.1. The molecule has 5 nitrogen and oxygen atoms in total. The molecule has 0 rings (SSSR count). The highest BCUT2D eigenvalue weighted by Gasteiger charge is 2.14. The number of carbonyl (C=O) groups is 2. The summed E-state index contributed by atoms with van der Waals surface area (Å²) in [7, 11) is 0. The van der Waals surface area contributed by atoms with E-state index >= 15 is 0 Å². The van der Waals surface area contributed by atoms with E-state index in [4.69, 9.17) is 9.84 Å². The Morgan fingerprint density at radius 3 is 2.67 bits per heavy atom. The van der Waals surface area contributed by atoms with Crippen molar-refractivity contribution in [3.8, 4) is 0 Å². The third-order valence-corrected chi connectivity index (χ3v) is 1.60. The van der Waals surface area contributed by atoms with Crippen LogP contribution in [0, 0.1) is 0 Å². The van der Waals surface area contributed by atoms with Crippen molar-refractivity contribution in [1.29, 1.82) is 0 Å². The first kappa shape index (κ1) is 13.6. The molecular formula is C10H17NO4. The second kappa shape index (κ2) is 7.99. The number of hydrogen-bond acceptors (Lipinski definition) is 3. The van der Waals surface area contributed by atoms with Crippen LogP contribution in [0.2, 0.25) is 0 Å². The molecule has 0 radical (unpaired) electrons. The molecular weight excluding hydrogens is 198 g/mol. The standard InChI is InChI=1S/C10H17NO4/c1-3-5-11(7-10(13)14)9(12)8-15-6-4-2/h3H,1,4-8H2,2H3,(H,13,14). The molecule has 86 valence electrons. The summed E-state index contributed by atoms with van der Waals surface area (Å²) < 4.78 is 5.04. The van der Waals surface area contributed by atoms with Crippen LogP contribution in [-0.4, -0.2) is 48.2 Å². The van der Waals surface area contributed by atoms with Crippen molar-refractivity contribution in [2.45, 2.75) is 13.3 Å². The van der Waals surface area contributed by atoms with Gasteiger partial charge in [-0.05, 0) is 6.42 Å². The van der Waals surface area contributed by atoms with Crippen LogP contribution >= 0.6 is 0 Å². The summed E-state index contributed by atoms with van der Waals surface area (Å²) in [6.07, 6.45) is 2.31. The Labute approximate surface area is 89.3 Å². The molecule has 0 saturated carbocycles. The summed E-state index contributed by atoms with van der Waals surface area (Å²) in [5.41, 5.74) is 0. The molecule has 0 spiro atoms. The number of rotatable bonds is 8. The van der Waals surface area contributed by atoms with Crippen molar-refractivity contribution in [3.05, 3.63) is 12.7 Å². The van der Waals surface area contributed by atoms with Crippen molar-refractivity contribution in [2.24, 2.45) is 0 Å². The first-order valence-corrected chi connectivity index (χ1v) is 4.80. The van der Waals surface area contributed by atoms with Crippen LogP contribution in [0.5, 0.6) is 0 Å². The van der Waals surface area contributed by atoms with E-state index in [1.165, 1.54) is 11.0 Å². The lowest BCUT2D eigenvalue weighted by atomic mass is 10.4. The van der Waals surface area contributed by atoms with Gasteiger partial charge in [-0.2, -0.15) is 0 Å². The minimum Gasteiger partial charge on any atom is -0.480 e. The smallest absolute Gasteiger partial charge is 0.323 e. The fraction of sp³-hybridized carbons (Fsp3) is 0.600. The molecule has 0 heterocycles. The van der Waals surface area contributed by atoms with Gasteiger partial charge in [-0.25, -0.2) is 0 Å². The van der Waals surface area contributed by atoms with Crippen molar-refractivity contribution in [3.63, 3.8) is 0 Å². The second-order valence-corrected chi connectivity index (χ2v) is 3.01. The van der Waals surface area contributed by atoms with Gasteiger partial charge in [-0.3, -0.25) is 9.59 Å². The Kier molecular flexibility index (Phi) is 7.27. The zero-order valence-electron chi connectivity index (χ0n) is 8.94. The van der Waals surface area contributed by atoms with Gasteiger partial charge in [-0.1, -0.05) is 13.0 Å². The number of carboxylic acid groups (broad SMARTS) is 1. The molecule has 0 aliphatic carbocycles. The van der Waals surface area contributed by atoms with E-state index in [-0.39, 0.29) is 25.6 Å². The molecule has 0 aromatic rings. The lowest BCUT2D eigenvalue weighted by Gasteiger charge is -2.18. The first-order valence-electron chi connectivity index (χ1n) is 4.80.